The number of hydrogen-bond donors (Lipinski definition) is 2. The third kappa shape index (κ3) is 2.43. The summed E-state index contributed by atoms with van der Waals surface area (Å²) in [4.78, 5) is 10.5. The van der Waals surface area contributed by atoms with Crippen molar-refractivity contribution in [2.24, 2.45) is 5.73 Å². The van der Waals surface area contributed by atoms with Crippen molar-refractivity contribution in [1.29, 1.82) is 0 Å². The van der Waals surface area contributed by atoms with Crippen LogP contribution in [-0.4, -0.2) is 22.2 Å². The van der Waals surface area contributed by atoms with Gasteiger partial charge in [-0.05, 0) is 11.6 Å². The van der Waals surface area contributed by atoms with Crippen LogP contribution >= 0.6 is 0 Å². The summed E-state index contributed by atoms with van der Waals surface area (Å²) in [5.74, 6) is -0.998. The molecule has 14 heavy (non-hydrogen) atoms. The molecule has 1 rings (SSSR count). The molecular weight excluding hydrogens is 187 g/mol. The number of carboxylic acids is 1. The van der Waals surface area contributed by atoms with Crippen molar-refractivity contribution in [1.82, 2.24) is 4.57 Å². The lowest BCUT2D eigenvalue weighted by molar-refractivity contribution is 0.0697. The zero-order chi connectivity index (χ0) is 10.6. The summed E-state index contributed by atoms with van der Waals surface area (Å²) in [5, 5.41) is 8.62. The lowest BCUT2D eigenvalue weighted by Crippen LogP contribution is -2.08. The molecule has 0 spiro atoms. The minimum Gasteiger partial charge on any atom is -0.478 e. The van der Waals surface area contributed by atoms with Crippen LogP contribution in [0.5, 0.6) is 0 Å². The van der Waals surface area contributed by atoms with Crippen molar-refractivity contribution in [2.45, 2.75) is 6.54 Å². The highest BCUT2D eigenvalue weighted by Gasteiger charge is 2.04. The molecule has 1 heterocycles. The van der Waals surface area contributed by atoms with Crippen LogP contribution in [0.3, 0.4) is 0 Å². The van der Waals surface area contributed by atoms with Gasteiger partial charge in [0.15, 0.2) is 0 Å². The second-order valence-corrected chi connectivity index (χ2v) is 2.85. The van der Waals surface area contributed by atoms with Crippen molar-refractivity contribution < 1.29 is 14.3 Å². The van der Waals surface area contributed by atoms with Gasteiger partial charge >= 0.3 is 5.97 Å². The van der Waals surface area contributed by atoms with E-state index in [1.807, 2.05) is 0 Å². The first-order valence-corrected chi connectivity index (χ1v) is 4.04. The Labute approximate surface area is 80.4 Å². The molecule has 0 radical (unpaired) electrons. The molecule has 5 heteroatoms. The van der Waals surface area contributed by atoms with Crippen LogP contribution < -0.4 is 5.73 Å². The monoisotopic (exact) mass is 198 g/mol. The highest BCUT2D eigenvalue weighted by atomic mass is 19.1. The zero-order valence-corrected chi connectivity index (χ0v) is 7.48. The first-order chi connectivity index (χ1) is 6.67. The fourth-order valence-corrected chi connectivity index (χ4v) is 1.04. The smallest absolute Gasteiger partial charge is 0.337 e. The van der Waals surface area contributed by atoms with Gasteiger partial charge in [-0.3, -0.25) is 0 Å². The first kappa shape index (κ1) is 10.5. The largest absolute Gasteiger partial charge is 0.478 e. The van der Waals surface area contributed by atoms with E-state index in [2.05, 4.69) is 0 Å². The van der Waals surface area contributed by atoms with Gasteiger partial charge in [-0.1, -0.05) is 0 Å². The first-order valence-electron chi connectivity index (χ1n) is 4.04. The Morgan fingerprint density at radius 1 is 1.71 bits per heavy atom. The number of carbonyl (C=O) groups is 1. The summed E-state index contributed by atoms with van der Waals surface area (Å²) in [7, 11) is 0. The maximum Gasteiger partial charge on any atom is 0.337 e. The van der Waals surface area contributed by atoms with Gasteiger partial charge in [-0.25, -0.2) is 9.18 Å². The number of aromatic nitrogens is 1. The third-order valence-corrected chi connectivity index (χ3v) is 1.80. The maximum atomic E-state index is 12.1. The summed E-state index contributed by atoms with van der Waals surface area (Å²) in [6, 6.07) is 1.45. The van der Waals surface area contributed by atoms with Crippen molar-refractivity contribution >= 4 is 5.97 Å². The summed E-state index contributed by atoms with van der Waals surface area (Å²) in [6.45, 7) is 0.400. The van der Waals surface area contributed by atoms with Crippen LogP contribution in [0.25, 0.3) is 0 Å². The molecule has 0 saturated carbocycles. The number of rotatable bonds is 4. The molecule has 0 saturated heterocycles. The molecule has 0 unspecified atom stereocenters. The van der Waals surface area contributed by atoms with Crippen LogP contribution in [0.2, 0.25) is 0 Å². The molecule has 0 bridgehead atoms. The van der Waals surface area contributed by atoms with Crippen molar-refractivity contribution in [3.8, 4) is 0 Å². The summed E-state index contributed by atoms with van der Waals surface area (Å²) >= 11 is 0. The van der Waals surface area contributed by atoms with Gasteiger partial charge in [0.25, 0.3) is 0 Å². The third-order valence-electron chi connectivity index (χ3n) is 1.80. The number of nitrogens with two attached hydrogens (primary N) is 1. The Morgan fingerprint density at radius 3 is 2.86 bits per heavy atom. The lowest BCUT2D eigenvalue weighted by atomic mass is 10.3. The molecule has 0 aliphatic rings. The summed E-state index contributed by atoms with van der Waals surface area (Å²) < 4.78 is 13.7. The molecule has 0 fully saturated rings. The minimum atomic E-state index is -0.998. The molecule has 0 atom stereocenters. The molecule has 4 nitrogen and oxygen atoms in total. The van der Waals surface area contributed by atoms with E-state index < -0.39 is 5.97 Å². The fraction of sp³-hybridized carbons (Fsp3) is 0.222. The molecule has 0 aromatic carbocycles. The molecule has 0 aliphatic carbocycles. The lowest BCUT2D eigenvalue weighted by Gasteiger charge is -2.03. The van der Waals surface area contributed by atoms with Crippen molar-refractivity contribution in [3.63, 3.8) is 0 Å². The Morgan fingerprint density at radius 2 is 2.43 bits per heavy atom. The van der Waals surface area contributed by atoms with Crippen LogP contribution in [-0.2, 0) is 6.54 Å². The standard InChI is InChI=1S/C9H11FN2O2/c10-3-7(4-11)5-12-2-1-8(6-12)9(13)14/h1-3,6H,4-5,11H2,(H,13,14). The predicted octanol–water partition coefficient (Wildman–Crippen LogP) is 0.998. The van der Waals surface area contributed by atoms with Crippen molar-refractivity contribution in [2.75, 3.05) is 6.54 Å². The SMILES string of the molecule is NCC(=CF)Cn1ccc(C(=O)O)c1. The number of nitrogens with zero attached hydrogens (tertiary/aromatic N) is 1. The Hall–Kier alpha value is -1.62. The Balaban J connectivity index is 2.73. The number of halogens is 1. The van der Waals surface area contributed by atoms with Gasteiger partial charge in [0.05, 0.1) is 11.9 Å². The molecular formula is C9H11FN2O2. The molecule has 0 amide bonds. The number of carboxylic acid groups (broad SMARTS) is 1. The molecule has 1 aromatic rings. The van der Waals surface area contributed by atoms with E-state index >= 15 is 0 Å². The molecule has 3 N–H and O–H groups in total. The normalized spacial score (nSPS) is 11.7. The highest BCUT2D eigenvalue weighted by Crippen LogP contribution is 2.04. The van der Waals surface area contributed by atoms with Gasteiger partial charge in [-0.2, -0.15) is 0 Å². The van der Waals surface area contributed by atoms with E-state index in [4.69, 9.17) is 10.8 Å². The van der Waals surface area contributed by atoms with E-state index in [9.17, 15) is 9.18 Å². The maximum absolute atomic E-state index is 12.1. The summed E-state index contributed by atoms with van der Waals surface area (Å²) in [6.07, 6.45) is 3.45. The highest BCUT2D eigenvalue weighted by molar-refractivity contribution is 5.87. The average molecular weight is 198 g/mol. The van der Waals surface area contributed by atoms with Gasteiger partial charge in [0.2, 0.25) is 0 Å². The van der Waals surface area contributed by atoms with Crippen LogP contribution in [0.1, 0.15) is 10.4 Å². The van der Waals surface area contributed by atoms with Crippen LogP contribution in [0, 0.1) is 0 Å². The quantitative estimate of drug-likeness (QED) is 0.758. The zero-order valence-electron chi connectivity index (χ0n) is 7.48. The number of hydrogen-bond acceptors (Lipinski definition) is 2. The van der Waals surface area contributed by atoms with Crippen molar-refractivity contribution in [3.05, 3.63) is 35.9 Å². The Kier molecular flexibility index (Phi) is 3.41. The van der Waals surface area contributed by atoms with E-state index in [1.54, 1.807) is 10.8 Å². The average Bonchev–Trinajstić information content (AvgIpc) is 2.62. The predicted molar refractivity (Wildman–Crippen MR) is 49.6 cm³/mol. The van der Waals surface area contributed by atoms with E-state index in [0.717, 1.165) is 0 Å². The molecule has 1 aromatic heterocycles. The van der Waals surface area contributed by atoms with Gasteiger partial charge in [0.1, 0.15) is 0 Å². The summed E-state index contributed by atoms with van der Waals surface area (Å²) in [5.41, 5.74) is 5.85. The second kappa shape index (κ2) is 4.57. The van der Waals surface area contributed by atoms with Gasteiger partial charge < -0.3 is 15.4 Å². The minimum absolute atomic E-state index is 0.122. The second-order valence-electron chi connectivity index (χ2n) is 2.85. The van der Waals surface area contributed by atoms with Gasteiger partial charge in [0, 0.05) is 25.5 Å². The van der Waals surface area contributed by atoms with E-state index in [1.165, 1.54) is 12.3 Å². The van der Waals surface area contributed by atoms with Crippen LogP contribution in [0.15, 0.2) is 30.4 Å². The molecule has 0 aliphatic heterocycles. The number of aromatic carboxylic acids is 1. The topological polar surface area (TPSA) is 68.2 Å². The van der Waals surface area contributed by atoms with E-state index in [-0.39, 0.29) is 18.7 Å². The van der Waals surface area contributed by atoms with Crippen LogP contribution in [0.4, 0.5) is 4.39 Å². The van der Waals surface area contributed by atoms with E-state index in [0.29, 0.717) is 11.9 Å². The van der Waals surface area contributed by atoms with Gasteiger partial charge in [-0.15, -0.1) is 0 Å². The molecule has 76 valence electrons. The Bertz CT molecular complexity index is 357. The fourth-order valence-electron chi connectivity index (χ4n) is 1.04.